The number of benzene rings is 1. The summed E-state index contributed by atoms with van der Waals surface area (Å²) in [6.45, 7) is 5.97. The van der Waals surface area contributed by atoms with Crippen molar-refractivity contribution in [1.82, 2.24) is 4.90 Å². The van der Waals surface area contributed by atoms with Crippen LogP contribution in [0.25, 0.3) is 0 Å². The SMILES string of the molecule is COC(=O)[C@H]1C[C@@H](Cc2ccccc2)CCN1C(=O)OC(C)(C)C. The molecule has 1 fully saturated rings. The first-order chi connectivity index (χ1) is 11.3. The number of rotatable bonds is 3. The number of ether oxygens (including phenoxy) is 2. The summed E-state index contributed by atoms with van der Waals surface area (Å²) >= 11 is 0. The highest BCUT2D eigenvalue weighted by molar-refractivity contribution is 5.81. The third kappa shape index (κ3) is 4.98. The van der Waals surface area contributed by atoms with Crippen molar-refractivity contribution in [2.24, 2.45) is 5.92 Å². The largest absolute Gasteiger partial charge is 0.467 e. The third-order valence-electron chi connectivity index (χ3n) is 4.18. The maximum atomic E-state index is 12.4. The molecule has 0 N–H and O–H groups in total. The van der Waals surface area contributed by atoms with Gasteiger partial charge in [-0.3, -0.25) is 4.90 Å². The van der Waals surface area contributed by atoms with Gasteiger partial charge >= 0.3 is 12.1 Å². The van der Waals surface area contributed by atoms with Crippen LogP contribution in [0.4, 0.5) is 4.79 Å². The van der Waals surface area contributed by atoms with E-state index in [0.29, 0.717) is 18.9 Å². The van der Waals surface area contributed by atoms with E-state index in [0.717, 1.165) is 12.8 Å². The smallest absolute Gasteiger partial charge is 0.411 e. The lowest BCUT2D eigenvalue weighted by molar-refractivity contribution is -0.148. The van der Waals surface area contributed by atoms with Crippen molar-refractivity contribution in [3.8, 4) is 0 Å². The Kier molecular flexibility index (Phi) is 5.86. The van der Waals surface area contributed by atoms with Crippen LogP contribution >= 0.6 is 0 Å². The van der Waals surface area contributed by atoms with Crippen molar-refractivity contribution < 1.29 is 19.1 Å². The third-order valence-corrected chi connectivity index (χ3v) is 4.18. The van der Waals surface area contributed by atoms with Crippen molar-refractivity contribution in [2.75, 3.05) is 13.7 Å². The van der Waals surface area contributed by atoms with Crippen LogP contribution in [-0.2, 0) is 20.7 Å². The van der Waals surface area contributed by atoms with E-state index in [1.54, 1.807) is 0 Å². The lowest BCUT2D eigenvalue weighted by atomic mass is 9.86. The molecule has 0 saturated carbocycles. The van der Waals surface area contributed by atoms with Gasteiger partial charge in [0.05, 0.1) is 7.11 Å². The molecule has 0 aliphatic carbocycles. The van der Waals surface area contributed by atoms with Crippen molar-refractivity contribution in [3.05, 3.63) is 35.9 Å². The Hall–Kier alpha value is -2.04. The molecule has 1 aliphatic rings. The van der Waals surface area contributed by atoms with Crippen LogP contribution in [0.15, 0.2) is 30.3 Å². The number of likely N-dealkylation sites (tertiary alicyclic amines) is 1. The summed E-state index contributed by atoms with van der Waals surface area (Å²) in [4.78, 5) is 26.1. The number of hydrogen-bond donors (Lipinski definition) is 0. The lowest BCUT2D eigenvalue weighted by Crippen LogP contribution is -2.52. The van der Waals surface area contributed by atoms with Crippen LogP contribution in [0.3, 0.4) is 0 Å². The number of hydrogen-bond acceptors (Lipinski definition) is 4. The number of methoxy groups -OCH3 is 1. The second kappa shape index (κ2) is 7.69. The van der Waals surface area contributed by atoms with Crippen LogP contribution in [0.2, 0.25) is 0 Å². The number of nitrogens with zero attached hydrogens (tertiary/aromatic N) is 1. The summed E-state index contributed by atoms with van der Waals surface area (Å²) in [7, 11) is 1.36. The molecule has 1 amide bonds. The average molecular weight is 333 g/mol. The summed E-state index contributed by atoms with van der Waals surface area (Å²) in [5.74, 6) is -0.0335. The molecule has 5 heteroatoms. The normalized spacial score (nSPS) is 21.2. The van der Waals surface area contributed by atoms with Crippen LogP contribution in [0.5, 0.6) is 0 Å². The minimum atomic E-state index is -0.585. The number of amides is 1. The van der Waals surface area contributed by atoms with E-state index >= 15 is 0 Å². The van der Waals surface area contributed by atoms with E-state index in [4.69, 9.17) is 9.47 Å². The van der Waals surface area contributed by atoms with Crippen LogP contribution in [0.1, 0.15) is 39.2 Å². The quantitative estimate of drug-likeness (QED) is 0.795. The van der Waals surface area contributed by atoms with Crippen LogP contribution in [-0.4, -0.2) is 42.3 Å². The van der Waals surface area contributed by atoms with Crippen molar-refractivity contribution in [1.29, 1.82) is 0 Å². The topological polar surface area (TPSA) is 55.8 Å². The fourth-order valence-corrected chi connectivity index (χ4v) is 3.07. The molecule has 2 atom stereocenters. The summed E-state index contributed by atoms with van der Waals surface area (Å²) in [5, 5.41) is 0. The highest BCUT2D eigenvalue weighted by Crippen LogP contribution is 2.28. The highest BCUT2D eigenvalue weighted by Gasteiger charge is 2.38. The monoisotopic (exact) mass is 333 g/mol. The molecule has 132 valence electrons. The zero-order valence-corrected chi connectivity index (χ0v) is 15.0. The molecule has 2 rings (SSSR count). The Morgan fingerprint density at radius 2 is 1.88 bits per heavy atom. The van der Waals surface area contributed by atoms with Gasteiger partial charge in [0.1, 0.15) is 11.6 Å². The van der Waals surface area contributed by atoms with E-state index in [2.05, 4.69) is 12.1 Å². The molecule has 24 heavy (non-hydrogen) atoms. The summed E-state index contributed by atoms with van der Waals surface area (Å²) < 4.78 is 10.3. The first-order valence-electron chi connectivity index (χ1n) is 8.41. The molecule has 1 saturated heterocycles. The van der Waals surface area contributed by atoms with Gasteiger partial charge in [-0.05, 0) is 51.5 Å². The standard InChI is InChI=1S/C19H27NO4/c1-19(2,3)24-18(22)20-11-10-15(13-16(20)17(21)23-4)12-14-8-6-5-7-9-14/h5-9,15-16H,10-13H2,1-4H3/t15-,16-/m1/s1. The molecular formula is C19H27NO4. The summed E-state index contributed by atoms with van der Waals surface area (Å²) in [5.41, 5.74) is 0.662. The Morgan fingerprint density at radius 1 is 1.21 bits per heavy atom. The van der Waals surface area contributed by atoms with Gasteiger partial charge < -0.3 is 9.47 Å². The van der Waals surface area contributed by atoms with Gasteiger partial charge in [-0.1, -0.05) is 30.3 Å². The van der Waals surface area contributed by atoms with Gasteiger partial charge in [-0.25, -0.2) is 9.59 Å². The van der Waals surface area contributed by atoms with Gasteiger partial charge in [0.15, 0.2) is 0 Å². The number of esters is 1. The second-order valence-corrected chi connectivity index (χ2v) is 7.29. The zero-order valence-electron chi connectivity index (χ0n) is 15.0. The molecule has 1 aliphatic heterocycles. The van der Waals surface area contributed by atoms with E-state index in [1.807, 2.05) is 39.0 Å². The van der Waals surface area contributed by atoms with Crippen molar-refractivity contribution in [2.45, 2.75) is 51.7 Å². The fraction of sp³-hybridized carbons (Fsp3) is 0.579. The van der Waals surface area contributed by atoms with E-state index < -0.39 is 17.7 Å². The molecular weight excluding hydrogens is 306 g/mol. The second-order valence-electron chi connectivity index (χ2n) is 7.29. The van der Waals surface area contributed by atoms with E-state index in [9.17, 15) is 9.59 Å². The lowest BCUT2D eigenvalue weighted by Gasteiger charge is -2.38. The molecule has 1 aromatic rings. The molecule has 1 aromatic carbocycles. The predicted molar refractivity (Wildman–Crippen MR) is 91.6 cm³/mol. The highest BCUT2D eigenvalue weighted by atomic mass is 16.6. The predicted octanol–water partition coefficient (Wildman–Crippen LogP) is 3.42. The minimum absolute atomic E-state index is 0.343. The molecule has 0 bridgehead atoms. The molecule has 0 radical (unpaired) electrons. The molecule has 5 nitrogen and oxygen atoms in total. The number of carbonyl (C=O) groups is 2. The van der Waals surface area contributed by atoms with Gasteiger partial charge in [-0.15, -0.1) is 0 Å². The Labute approximate surface area is 143 Å². The van der Waals surface area contributed by atoms with E-state index in [1.165, 1.54) is 17.6 Å². The van der Waals surface area contributed by atoms with Crippen molar-refractivity contribution in [3.63, 3.8) is 0 Å². The first kappa shape index (κ1) is 18.3. The number of piperidine rings is 1. The van der Waals surface area contributed by atoms with Gasteiger partial charge in [0.2, 0.25) is 0 Å². The molecule has 1 heterocycles. The average Bonchev–Trinajstić information content (AvgIpc) is 2.53. The Bertz CT molecular complexity index is 564. The van der Waals surface area contributed by atoms with Crippen molar-refractivity contribution >= 4 is 12.1 Å². The summed E-state index contributed by atoms with van der Waals surface area (Å²) in [6, 6.07) is 9.63. The van der Waals surface area contributed by atoms with E-state index in [-0.39, 0.29) is 5.97 Å². The fourth-order valence-electron chi connectivity index (χ4n) is 3.07. The maximum absolute atomic E-state index is 12.4. The molecule has 0 aromatic heterocycles. The Morgan fingerprint density at radius 3 is 2.46 bits per heavy atom. The van der Waals surface area contributed by atoms with Crippen LogP contribution < -0.4 is 0 Å². The maximum Gasteiger partial charge on any atom is 0.411 e. The number of carbonyl (C=O) groups excluding carboxylic acids is 2. The van der Waals surface area contributed by atoms with Gasteiger partial charge in [0.25, 0.3) is 0 Å². The van der Waals surface area contributed by atoms with Gasteiger partial charge in [0, 0.05) is 6.54 Å². The Balaban J connectivity index is 2.07. The first-order valence-corrected chi connectivity index (χ1v) is 8.41. The van der Waals surface area contributed by atoms with Gasteiger partial charge in [-0.2, -0.15) is 0 Å². The summed E-state index contributed by atoms with van der Waals surface area (Å²) in [6.07, 6.45) is 1.90. The molecule has 0 unspecified atom stereocenters. The zero-order chi connectivity index (χ0) is 17.7. The van der Waals surface area contributed by atoms with Crippen LogP contribution in [0, 0.1) is 5.92 Å². The molecule has 0 spiro atoms. The minimum Gasteiger partial charge on any atom is -0.467 e.